The van der Waals surface area contributed by atoms with Crippen molar-refractivity contribution in [3.8, 4) is 21.9 Å². The minimum absolute atomic E-state index is 0.116. The van der Waals surface area contributed by atoms with Crippen LogP contribution in [-0.4, -0.2) is 44.4 Å². The van der Waals surface area contributed by atoms with E-state index >= 15 is 0 Å². The van der Waals surface area contributed by atoms with Crippen LogP contribution in [0.1, 0.15) is 37.7 Å². The molecule has 1 saturated carbocycles. The van der Waals surface area contributed by atoms with E-state index in [-0.39, 0.29) is 23.9 Å². The zero-order valence-corrected chi connectivity index (χ0v) is 21.2. The number of aromatic nitrogens is 3. The molecule has 0 radical (unpaired) electrons. The highest BCUT2D eigenvalue weighted by Gasteiger charge is 2.24. The summed E-state index contributed by atoms with van der Waals surface area (Å²) in [5.41, 5.74) is 2.38. The second kappa shape index (κ2) is 10.0. The summed E-state index contributed by atoms with van der Waals surface area (Å²) in [5, 5.41) is 4.46. The molecule has 0 unspecified atom stereocenters. The summed E-state index contributed by atoms with van der Waals surface area (Å²) in [4.78, 5) is 31.3. The number of nitrogens with zero attached hydrogens (tertiary/aromatic N) is 4. The largest absolute Gasteiger partial charge is 0.453 e. The van der Waals surface area contributed by atoms with E-state index in [1.807, 2.05) is 21.8 Å². The first-order valence-electron chi connectivity index (χ1n) is 12.7. The number of benzene rings is 1. The summed E-state index contributed by atoms with van der Waals surface area (Å²) in [6.45, 7) is 2.12. The van der Waals surface area contributed by atoms with Gasteiger partial charge in [0.1, 0.15) is 11.5 Å². The summed E-state index contributed by atoms with van der Waals surface area (Å²) in [5.74, 6) is 1.05. The van der Waals surface area contributed by atoms with Crippen LogP contribution in [0.2, 0.25) is 0 Å². The first-order valence-corrected chi connectivity index (χ1v) is 13.5. The Balaban J connectivity index is 1.16. The predicted molar refractivity (Wildman–Crippen MR) is 139 cm³/mol. The topological polar surface area (TPSA) is 77.3 Å². The summed E-state index contributed by atoms with van der Waals surface area (Å²) >= 11 is 1.51. The number of carbonyl (C=O) groups is 2. The standard InChI is InChI=1S/C28H27FN4O3S/c29-22-14-19(13-21(34)12-18-3-4-18)5-6-24(22)36-25-7-8-30-23-15-26(37-28(23)25)20-16-31-33(17-20)11-10-32-9-1-2-27(32)35/h5-8,14-18H,1-4,9-13H2. The Bertz CT molecular complexity index is 1480. The van der Waals surface area contributed by atoms with Crippen molar-refractivity contribution in [1.82, 2.24) is 19.7 Å². The minimum Gasteiger partial charge on any atom is -0.453 e. The highest BCUT2D eigenvalue weighted by molar-refractivity contribution is 7.22. The lowest BCUT2D eigenvalue weighted by Gasteiger charge is -2.14. The second-order valence-electron chi connectivity index (χ2n) is 9.84. The lowest BCUT2D eigenvalue weighted by molar-refractivity contribution is -0.127. The molecule has 1 saturated heterocycles. The molecule has 9 heteroatoms. The zero-order valence-electron chi connectivity index (χ0n) is 20.4. The molecule has 6 rings (SSSR count). The van der Waals surface area contributed by atoms with E-state index in [2.05, 4.69) is 10.1 Å². The quantitative estimate of drug-likeness (QED) is 0.272. The lowest BCUT2D eigenvalue weighted by Crippen LogP contribution is -2.28. The number of halogens is 1. The van der Waals surface area contributed by atoms with Crippen molar-refractivity contribution in [3.63, 3.8) is 0 Å². The summed E-state index contributed by atoms with van der Waals surface area (Å²) in [7, 11) is 0. The van der Waals surface area contributed by atoms with Gasteiger partial charge in [0.25, 0.3) is 0 Å². The maximum Gasteiger partial charge on any atom is 0.222 e. The van der Waals surface area contributed by atoms with Gasteiger partial charge in [0.2, 0.25) is 5.91 Å². The number of pyridine rings is 1. The highest BCUT2D eigenvalue weighted by atomic mass is 32.1. The van der Waals surface area contributed by atoms with E-state index in [9.17, 15) is 14.0 Å². The van der Waals surface area contributed by atoms with Gasteiger partial charge in [-0.2, -0.15) is 5.10 Å². The second-order valence-corrected chi connectivity index (χ2v) is 10.9. The molecule has 0 spiro atoms. The average molecular weight is 519 g/mol. The number of likely N-dealkylation sites (tertiary alicyclic amines) is 1. The number of rotatable bonds is 10. The van der Waals surface area contributed by atoms with E-state index in [1.165, 1.54) is 17.4 Å². The number of thiophene rings is 1. The number of carbonyl (C=O) groups excluding carboxylic acids is 2. The third-order valence-corrected chi connectivity index (χ3v) is 8.08. The third-order valence-electron chi connectivity index (χ3n) is 6.89. The van der Waals surface area contributed by atoms with E-state index in [1.54, 1.807) is 30.6 Å². The lowest BCUT2D eigenvalue weighted by atomic mass is 10.0. The maximum absolute atomic E-state index is 14.9. The molecule has 3 aromatic heterocycles. The van der Waals surface area contributed by atoms with Crippen LogP contribution in [-0.2, 0) is 22.6 Å². The molecule has 2 aliphatic rings. The first-order chi connectivity index (χ1) is 18.0. The summed E-state index contributed by atoms with van der Waals surface area (Å²) in [6.07, 6.45) is 10.1. The number of ether oxygens (including phenoxy) is 1. The summed E-state index contributed by atoms with van der Waals surface area (Å²) in [6, 6.07) is 8.44. The molecular formula is C28H27FN4O3S. The number of hydrogen-bond donors (Lipinski definition) is 0. The highest BCUT2D eigenvalue weighted by Crippen LogP contribution is 2.39. The molecule has 1 amide bonds. The van der Waals surface area contributed by atoms with Crippen LogP contribution in [0.3, 0.4) is 0 Å². The molecule has 4 aromatic rings. The Kier molecular flexibility index (Phi) is 6.46. The van der Waals surface area contributed by atoms with Gasteiger partial charge in [-0.3, -0.25) is 19.3 Å². The minimum atomic E-state index is -0.490. The monoisotopic (exact) mass is 518 g/mol. The molecule has 37 heavy (non-hydrogen) atoms. The fourth-order valence-corrected chi connectivity index (χ4v) is 5.75. The van der Waals surface area contributed by atoms with Gasteiger partial charge in [-0.25, -0.2) is 4.39 Å². The Morgan fingerprint density at radius 3 is 2.84 bits per heavy atom. The first kappa shape index (κ1) is 23.8. The molecule has 2 fully saturated rings. The molecule has 0 N–H and O–H groups in total. The van der Waals surface area contributed by atoms with Gasteiger partial charge in [0.05, 0.1) is 23.0 Å². The number of hydrogen-bond acceptors (Lipinski definition) is 6. The van der Waals surface area contributed by atoms with Crippen molar-refractivity contribution < 1.29 is 18.7 Å². The Morgan fingerprint density at radius 1 is 1.16 bits per heavy atom. The molecule has 190 valence electrons. The molecule has 4 heterocycles. The molecule has 7 nitrogen and oxygen atoms in total. The van der Waals surface area contributed by atoms with Crippen molar-refractivity contribution in [2.24, 2.45) is 5.92 Å². The van der Waals surface area contributed by atoms with Crippen LogP contribution in [0.5, 0.6) is 11.5 Å². The maximum atomic E-state index is 14.9. The van der Waals surface area contributed by atoms with Gasteiger partial charge in [-0.15, -0.1) is 11.3 Å². The number of amides is 1. The molecule has 0 bridgehead atoms. The SMILES string of the molecule is O=C(Cc1ccc(Oc2ccnc3cc(-c4cnn(CCN5CCCC5=O)c4)sc23)c(F)c1)CC1CC1. The van der Waals surface area contributed by atoms with Crippen LogP contribution < -0.4 is 4.74 Å². The van der Waals surface area contributed by atoms with Crippen molar-refractivity contribution in [2.45, 2.75) is 45.1 Å². The molecule has 1 aliphatic heterocycles. The molecular weight excluding hydrogens is 491 g/mol. The van der Waals surface area contributed by atoms with Crippen molar-refractivity contribution >= 4 is 33.2 Å². The third kappa shape index (κ3) is 5.41. The average Bonchev–Trinajstić information content (AvgIpc) is 3.23. The smallest absolute Gasteiger partial charge is 0.222 e. The Labute approximate surface area is 217 Å². The molecule has 1 aromatic carbocycles. The van der Waals surface area contributed by atoms with Gasteiger partial charge in [-0.05, 0) is 48.9 Å². The van der Waals surface area contributed by atoms with Crippen LogP contribution in [0, 0.1) is 11.7 Å². The van der Waals surface area contributed by atoms with Gasteiger partial charge in [-0.1, -0.05) is 6.07 Å². The van der Waals surface area contributed by atoms with E-state index in [0.29, 0.717) is 43.2 Å². The fourth-order valence-electron chi connectivity index (χ4n) is 4.71. The van der Waals surface area contributed by atoms with Gasteiger partial charge in [0, 0.05) is 61.3 Å². The Morgan fingerprint density at radius 2 is 2.05 bits per heavy atom. The number of ketones is 1. The van der Waals surface area contributed by atoms with E-state index < -0.39 is 5.82 Å². The van der Waals surface area contributed by atoms with E-state index in [4.69, 9.17) is 4.74 Å². The van der Waals surface area contributed by atoms with Crippen molar-refractivity contribution in [3.05, 3.63) is 60.3 Å². The van der Waals surface area contributed by atoms with Gasteiger partial charge < -0.3 is 9.64 Å². The van der Waals surface area contributed by atoms with E-state index in [0.717, 1.165) is 46.5 Å². The van der Waals surface area contributed by atoms with Crippen LogP contribution in [0.4, 0.5) is 4.39 Å². The fraction of sp³-hybridized carbons (Fsp3) is 0.357. The molecule has 0 atom stereocenters. The molecule has 1 aliphatic carbocycles. The summed E-state index contributed by atoms with van der Waals surface area (Å²) < 4.78 is 23.5. The van der Waals surface area contributed by atoms with Crippen LogP contribution in [0.25, 0.3) is 20.7 Å². The Hall–Kier alpha value is -3.59. The number of Topliss-reactive ketones (excluding diaryl/α,β-unsaturated/α-hetero) is 1. The van der Waals surface area contributed by atoms with Crippen molar-refractivity contribution in [1.29, 1.82) is 0 Å². The van der Waals surface area contributed by atoms with Crippen LogP contribution in [0.15, 0.2) is 48.9 Å². The van der Waals surface area contributed by atoms with Crippen molar-refractivity contribution in [2.75, 3.05) is 13.1 Å². The predicted octanol–water partition coefficient (Wildman–Crippen LogP) is 5.63. The van der Waals surface area contributed by atoms with Gasteiger partial charge >= 0.3 is 0 Å². The normalized spacial score (nSPS) is 15.6. The zero-order chi connectivity index (χ0) is 25.4. The number of fused-ring (bicyclic) bond motifs is 1. The van der Waals surface area contributed by atoms with Gasteiger partial charge in [0.15, 0.2) is 11.6 Å². The van der Waals surface area contributed by atoms with Crippen LogP contribution >= 0.6 is 11.3 Å².